The SMILES string of the molecule is CCCCCCCCCCCOC1CCN(C(=O)O)C(C)(C)C1(C)C. The van der Waals surface area contributed by atoms with Gasteiger partial charge in [-0.1, -0.05) is 72.1 Å². The number of piperidine rings is 1. The summed E-state index contributed by atoms with van der Waals surface area (Å²) in [5.41, 5.74) is -0.608. The van der Waals surface area contributed by atoms with E-state index in [2.05, 4.69) is 20.8 Å². The Morgan fingerprint density at radius 3 is 2.04 bits per heavy atom. The zero-order valence-electron chi connectivity index (χ0n) is 17.3. The average molecular weight is 356 g/mol. The number of nitrogens with zero attached hydrogens (tertiary/aromatic N) is 1. The molecule has 0 aliphatic carbocycles. The van der Waals surface area contributed by atoms with Gasteiger partial charge in [0.15, 0.2) is 0 Å². The Morgan fingerprint density at radius 1 is 1.00 bits per heavy atom. The normalized spacial score (nSPS) is 22.1. The number of hydrogen-bond acceptors (Lipinski definition) is 2. The van der Waals surface area contributed by atoms with Gasteiger partial charge in [0.1, 0.15) is 0 Å². The molecule has 1 fully saturated rings. The molecule has 25 heavy (non-hydrogen) atoms. The minimum absolute atomic E-state index is 0.132. The zero-order chi connectivity index (χ0) is 18.9. The lowest BCUT2D eigenvalue weighted by Gasteiger charge is -2.55. The van der Waals surface area contributed by atoms with Crippen LogP contribution in [0.25, 0.3) is 0 Å². The van der Waals surface area contributed by atoms with Crippen molar-refractivity contribution < 1.29 is 14.6 Å². The van der Waals surface area contributed by atoms with Crippen molar-refractivity contribution in [1.82, 2.24) is 4.90 Å². The molecule has 0 spiro atoms. The summed E-state index contributed by atoms with van der Waals surface area (Å²) >= 11 is 0. The van der Waals surface area contributed by atoms with E-state index in [1.54, 1.807) is 4.90 Å². The Labute approximate surface area is 155 Å². The molecule has 148 valence electrons. The Balaban J connectivity index is 2.24. The summed E-state index contributed by atoms with van der Waals surface area (Å²) in [4.78, 5) is 13.1. The predicted molar refractivity (Wildman–Crippen MR) is 104 cm³/mol. The van der Waals surface area contributed by atoms with E-state index in [-0.39, 0.29) is 11.5 Å². The Bertz CT molecular complexity index is 393. The molecule has 0 saturated carbocycles. The summed E-state index contributed by atoms with van der Waals surface area (Å²) in [6.45, 7) is 12.0. The van der Waals surface area contributed by atoms with Crippen molar-refractivity contribution in [2.75, 3.05) is 13.2 Å². The Kier molecular flexibility index (Phi) is 9.26. The predicted octanol–water partition coefficient (Wildman–Crippen LogP) is 6.09. The first-order chi connectivity index (χ1) is 11.7. The maximum absolute atomic E-state index is 11.5. The topological polar surface area (TPSA) is 49.8 Å². The summed E-state index contributed by atoms with van der Waals surface area (Å²) in [6, 6.07) is 0. The first kappa shape index (κ1) is 22.3. The zero-order valence-corrected chi connectivity index (χ0v) is 17.3. The van der Waals surface area contributed by atoms with Crippen molar-refractivity contribution in [2.24, 2.45) is 5.41 Å². The summed E-state index contributed by atoms with van der Waals surface area (Å²) in [7, 11) is 0. The van der Waals surface area contributed by atoms with Gasteiger partial charge in [0.2, 0.25) is 0 Å². The largest absolute Gasteiger partial charge is 0.465 e. The maximum Gasteiger partial charge on any atom is 0.407 e. The van der Waals surface area contributed by atoms with Gasteiger partial charge in [-0.15, -0.1) is 0 Å². The van der Waals surface area contributed by atoms with Crippen LogP contribution < -0.4 is 0 Å². The molecule has 1 aliphatic heterocycles. The molecule has 1 aliphatic rings. The number of hydrogen-bond donors (Lipinski definition) is 1. The number of unbranched alkanes of at least 4 members (excludes halogenated alkanes) is 8. The Morgan fingerprint density at radius 2 is 1.52 bits per heavy atom. The molecule has 4 heteroatoms. The van der Waals surface area contributed by atoms with Crippen LogP contribution in [-0.4, -0.2) is 40.9 Å². The van der Waals surface area contributed by atoms with Crippen molar-refractivity contribution >= 4 is 6.09 Å². The monoisotopic (exact) mass is 355 g/mol. The second-order valence-electron chi connectivity index (χ2n) is 8.69. The molecule has 0 aromatic rings. The van der Waals surface area contributed by atoms with Gasteiger partial charge in [-0.3, -0.25) is 0 Å². The fraction of sp³-hybridized carbons (Fsp3) is 0.952. The lowest BCUT2D eigenvalue weighted by molar-refractivity contribution is -0.130. The number of carbonyl (C=O) groups is 1. The highest BCUT2D eigenvalue weighted by Gasteiger charge is 2.52. The van der Waals surface area contributed by atoms with Gasteiger partial charge in [-0.25, -0.2) is 4.79 Å². The van der Waals surface area contributed by atoms with E-state index in [0.717, 1.165) is 19.4 Å². The maximum atomic E-state index is 11.5. The molecule has 1 rings (SSSR count). The van der Waals surface area contributed by atoms with Gasteiger partial charge < -0.3 is 14.7 Å². The van der Waals surface area contributed by atoms with E-state index in [1.807, 2.05) is 13.8 Å². The van der Waals surface area contributed by atoms with Crippen LogP contribution in [-0.2, 0) is 4.74 Å². The minimum atomic E-state index is -0.824. The molecule has 1 amide bonds. The minimum Gasteiger partial charge on any atom is -0.465 e. The van der Waals surface area contributed by atoms with Crippen LogP contribution in [0.1, 0.15) is 98.8 Å². The van der Waals surface area contributed by atoms with Crippen LogP contribution in [0.15, 0.2) is 0 Å². The second-order valence-corrected chi connectivity index (χ2v) is 8.69. The molecule has 1 saturated heterocycles. The third kappa shape index (κ3) is 6.16. The smallest absolute Gasteiger partial charge is 0.407 e. The van der Waals surface area contributed by atoms with E-state index >= 15 is 0 Å². The van der Waals surface area contributed by atoms with Crippen LogP contribution in [0.2, 0.25) is 0 Å². The van der Waals surface area contributed by atoms with Gasteiger partial charge in [0, 0.05) is 24.1 Å². The Hall–Kier alpha value is -0.770. The standard InChI is InChI=1S/C21H41NO3/c1-6-7-8-9-10-11-12-13-14-17-25-18-15-16-22(19(23)24)21(4,5)20(18,2)3/h18H,6-17H2,1-5H3,(H,23,24). The number of carboxylic acid groups (broad SMARTS) is 1. The van der Waals surface area contributed by atoms with Gasteiger partial charge in [0.25, 0.3) is 0 Å². The third-order valence-electron chi connectivity index (χ3n) is 6.47. The van der Waals surface area contributed by atoms with Gasteiger partial charge in [-0.05, 0) is 26.7 Å². The average Bonchev–Trinajstić information content (AvgIpc) is 2.52. The van der Waals surface area contributed by atoms with E-state index in [9.17, 15) is 9.90 Å². The number of rotatable bonds is 11. The van der Waals surface area contributed by atoms with E-state index in [0.29, 0.717) is 6.54 Å². The molecule has 0 aromatic heterocycles. The molecular formula is C21H41NO3. The summed E-state index contributed by atoms with van der Waals surface area (Å²) in [5.74, 6) is 0. The number of likely N-dealkylation sites (tertiary alicyclic amines) is 1. The highest BCUT2D eigenvalue weighted by atomic mass is 16.5. The number of ether oxygens (including phenoxy) is 1. The molecule has 0 bridgehead atoms. The molecular weight excluding hydrogens is 314 g/mol. The third-order valence-corrected chi connectivity index (χ3v) is 6.47. The first-order valence-electron chi connectivity index (χ1n) is 10.4. The van der Waals surface area contributed by atoms with Crippen molar-refractivity contribution in [3.05, 3.63) is 0 Å². The summed E-state index contributed by atoms with van der Waals surface area (Å²) < 4.78 is 6.20. The van der Waals surface area contributed by atoms with Gasteiger partial charge in [-0.2, -0.15) is 0 Å². The molecule has 1 atom stereocenters. The van der Waals surface area contributed by atoms with Crippen molar-refractivity contribution in [1.29, 1.82) is 0 Å². The molecule has 1 unspecified atom stereocenters. The quantitative estimate of drug-likeness (QED) is 0.456. The lowest BCUT2D eigenvalue weighted by Crippen LogP contribution is -2.64. The summed E-state index contributed by atoms with van der Waals surface area (Å²) in [5, 5.41) is 9.44. The van der Waals surface area contributed by atoms with E-state index in [1.165, 1.54) is 51.4 Å². The van der Waals surface area contributed by atoms with E-state index < -0.39 is 11.6 Å². The van der Waals surface area contributed by atoms with Crippen molar-refractivity contribution in [3.8, 4) is 0 Å². The fourth-order valence-corrected chi connectivity index (χ4v) is 3.89. The van der Waals surface area contributed by atoms with Crippen LogP contribution in [0.4, 0.5) is 4.79 Å². The highest BCUT2D eigenvalue weighted by molar-refractivity contribution is 5.66. The molecule has 1 N–H and O–H groups in total. The lowest BCUT2D eigenvalue weighted by atomic mass is 9.66. The van der Waals surface area contributed by atoms with Gasteiger partial charge in [0.05, 0.1) is 6.10 Å². The van der Waals surface area contributed by atoms with Crippen molar-refractivity contribution in [2.45, 2.75) is 110 Å². The molecule has 0 radical (unpaired) electrons. The van der Waals surface area contributed by atoms with E-state index in [4.69, 9.17) is 4.74 Å². The first-order valence-corrected chi connectivity index (χ1v) is 10.4. The second kappa shape index (κ2) is 10.4. The fourth-order valence-electron chi connectivity index (χ4n) is 3.89. The van der Waals surface area contributed by atoms with Gasteiger partial charge >= 0.3 is 6.09 Å². The molecule has 0 aromatic carbocycles. The summed E-state index contributed by atoms with van der Waals surface area (Å²) in [6.07, 6.45) is 11.9. The van der Waals surface area contributed by atoms with Crippen LogP contribution in [0.3, 0.4) is 0 Å². The molecule has 4 nitrogen and oxygen atoms in total. The van der Waals surface area contributed by atoms with Crippen molar-refractivity contribution in [3.63, 3.8) is 0 Å². The number of amides is 1. The molecule has 1 heterocycles. The van der Waals surface area contributed by atoms with Crippen LogP contribution in [0.5, 0.6) is 0 Å². The van der Waals surface area contributed by atoms with Crippen LogP contribution in [0, 0.1) is 5.41 Å². The van der Waals surface area contributed by atoms with Crippen LogP contribution >= 0.6 is 0 Å². The highest BCUT2D eigenvalue weighted by Crippen LogP contribution is 2.45.